The molecule has 1 aromatic carbocycles. The molecule has 0 saturated carbocycles. The molecule has 0 amide bonds. The number of halogens is 4. The van der Waals surface area contributed by atoms with E-state index in [-0.39, 0.29) is 0 Å². The minimum absolute atomic E-state index is 0.871. The fourth-order valence-electron chi connectivity index (χ4n) is 0.868. The lowest BCUT2D eigenvalue weighted by Gasteiger charge is -2.07. The van der Waals surface area contributed by atoms with Gasteiger partial charge in [-0.1, -0.05) is 13.8 Å². The van der Waals surface area contributed by atoms with Crippen LogP contribution in [0.1, 0.15) is 13.8 Å². The van der Waals surface area contributed by atoms with E-state index in [2.05, 4.69) is 0 Å². The van der Waals surface area contributed by atoms with Gasteiger partial charge in [-0.2, -0.15) is 0 Å². The summed E-state index contributed by atoms with van der Waals surface area (Å²) in [7, 11) is 1.14. The van der Waals surface area contributed by atoms with Crippen LogP contribution in [0.15, 0.2) is 0 Å². The fourth-order valence-corrected chi connectivity index (χ4v) is 0.868. The average molecular weight is 224 g/mol. The molecule has 3 N–H and O–H groups in total. The number of hydrogen-bond donors (Lipinski definition) is 2. The number of anilines is 2. The van der Waals surface area contributed by atoms with Crippen LogP contribution in [-0.2, 0) is 0 Å². The minimum atomic E-state index is -1.59. The van der Waals surface area contributed by atoms with Crippen LogP contribution in [0.25, 0.3) is 0 Å². The quantitative estimate of drug-likeness (QED) is 0.437. The predicted octanol–water partition coefficient (Wildman–Crippen LogP) is 2.89. The van der Waals surface area contributed by atoms with Crippen LogP contribution in [0.3, 0.4) is 0 Å². The van der Waals surface area contributed by atoms with Gasteiger partial charge in [0.15, 0.2) is 23.3 Å². The van der Waals surface area contributed by atoms with Gasteiger partial charge < -0.3 is 11.1 Å². The maximum absolute atomic E-state index is 12.8. The molecule has 0 bridgehead atoms. The number of benzene rings is 1. The summed E-state index contributed by atoms with van der Waals surface area (Å²) in [6, 6.07) is 0. The van der Waals surface area contributed by atoms with Gasteiger partial charge in [0.05, 0.1) is 0 Å². The van der Waals surface area contributed by atoms with Crippen molar-refractivity contribution in [3.8, 4) is 0 Å². The van der Waals surface area contributed by atoms with E-state index in [1.807, 2.05) is 19.2 Å². The van der Waals surface area contributed by atoms with Crippen molar-refractivity contribution >= 4 is 11.4 Å². The number of nitrogens with two attached hydrogens (primary N) is 1. The van der Waals surface area contributed by atoms with Crippen molar-refractivity contribution in [2.24, 2.45) is 0 Å². The van der Waals surface area contributed by atoms with Crippen molar-refractivity contribution in [2.75, 3.05) is 18.1 Å². The summed E-state index contributed by atoms with van der Waals surface area (Å²) < 4.78 is 50.9. The lowest BCUT2D eigenvalue weighted by atomic mass is 10.2. The highest BCUT2D eigenvalue weighted by molar-refractivity contribution is 5.55. The van der Waals surface area contributed by atoms with Crippen LogP contribution in [0.5, 0.6) is 0 Å². The molecular formula is C9H12F4N2. The first kappa shape index (κ1) is 13.5. The summed E-state index contributed by atoms with van der Waals surface area (Å²) in [5.74, 6) is -6.25. The van der Waals surface area contributed by atoms with Gasteiger partial charge in [-0.05, 0) is 0 Å². The predicted molar refractivity (Wildman–Crippen MR) is 51.6 cm³/mol. The van der Waals surface area contributed by atoms with E-state index in [1.165, 1.54) is 0 Å². The van der Waals surface area contributed by atoms with Gasteiger partial charge in [-0.3, -0.25) is 0 Å². The molecule has 0 aliphatic rings. The Morgan fingerprint density at radius 1 is 0.867 bits per heavy atom. The molecule has 0 aromatic heterocycles. The van der Waals surface area contributed by atoms with Crippen LogP contribution in [0.4, 0.5) is 28.9 Å². The molecule has 0 heterocycles. The molecule has 6 heteroatoms. The normalized spacial score (nSPS) is 9.27. The largest absolute Gasteiger partial charge is 0.394 e. The molecule has 0 aliphatic carbocycles. The molecule has 0 atom stereocenters. The number of nitrogens with one attached hydrogen (secondary N) is 1. The van der Waals surface area contributed by atoms with Crippen molar-refractivity contribution in [1.29, 1.82) is 0 Å². The van der Waals surface area contributed by atoms with Crippen LogP contribution >= 0.6 is 0 Å². The van der Waals surface area contributed by atoms with Gasteiger partial charge in [0.25, 0.3) is 0 Å². The topological polar surface area (TPSA) is 38.0 Å². The third-order valence-corrected chi connectivity index (χ3v) is 1.55. The van der Waals surface area contributed by atoms with Crippen molar-refractivity contribution in [3.63, 3.8) is 0 Å². The van der Waals surface area contributed by atoms with Crippen LogP contribution in [-0.4, -0.2) is 7.05 Å². The molecule has 0 fully saturated rings. The first-order chi connectivity index (χ1) is 7.00. The van der Waals surface area contributed by atoms with Crippen LogP contribution in [0.2, 0.25) is 0 Å². The smallest absolute Gasteiger partial charge is 0.187 e. The standard InChI is InChI=1S/C7H6F4N2.C2H6/c1-13-7-4(10)2(8)6(12)3(9)5(7)11;1-2/h13H,12H2,1H3;1-2H3. The number of nitrogen functional groups attached to an aromatic ring is 1. The molecule has 1 rings (SSSR count). The zero-order valence-corrected chi connectivity index (χ0v) is 8.59. The lowest BCUT2D eigenvalue weighted by Crippen LogP contribution is -2.07. The van der Waals surface area contributed by atoms with Crippen LogP contribution in [0, 0.1) is 23.3 Å². The number of hydrogen-bond acceptors (Lipinski definition) is 2. The Balaban J connectivity index is 0.000000921. The number of rotatable bonds is 1. The first-order valence-corrected chi connectivity index (χ1v) is 4.29. The molecular weight excluding hydrogens is 212 g/mol. The summed E-state index contributed by atoms with van der Waals surface area (Å²) in [6.45, 7) is 4.00. The van der Waals surface area contributed by atoms with Gasteiger partial charge in [0.2, 0.25) is 0 Å². The maximum atomic E-state index is 12.8. The van der Waals surface area contributed by atoms with Crippen molar-refractivity contribution < 1.29 is 17.6 Å². The highest BCUT2D eigenvalue weighted by Crippen LogP contribution is 2.28. The van der Waals surface area contributed by atoms with E-state index >= 15 is 0 Å². The molecule has 86 valence electrons. The van der Waals surface area contributed by atoms with E-state index in [4.69, 9.17) is 5.73 Å². The van der Waals surface area contributed by atoms with Crippen LogP contribution < -0.4 is 11.1 Å². The van der Waals surface area contributed by atoms with E-state index in [0.29, 0.717) is 0 Å². The van der Waals surface area contributed by atoms with Gasteiger partial charge in [0, 0.05) is 7.05 Å². The van der Waals surface area contributed by atoms with E-state index < -0.39 is 34.6 Å². The zero-order chi connectivity index (χ0) is 12.2. The Hall–Kier alpha value is -1.46. The second-order valence-electron chi connectivity index (χ2n) is 2.29. The molecule has 0 spiro atoms. The average Bonchev–Trinajstić information content (AvgIpc) is 2.27. The summed E-state index contributed by atoms with van der Waals surface area (Å²) in [6.07, 6.45) is 0. The van der Waals surface area contributed by atoms with Gasteiger partial charge in [0.1, 0.15) is 11.4 Å². The van der Waals surface area contributed by atoms with Gasteiger partial charge in [-0.25, -0.2) is 17.6 Å². The minimum Gasteiger partial charge on any atom is -0.394 e. The molecule has 15 heavy (non-hydrogen) atoms. The van der Waals surface area contributed by atoms with Gasteiger partial charge in [-0.15, -0.1) is 0 Å². The fraction of sp³-hybridized carbons (Fsp3) is 0.333. The van der Waals surface area contributed by atoms with Crippen molar-refractivity contribution in [1.82, 2.24) is 0 Å². The van der Waals surface area contributed by atoms with Gasteiger partial charge >= 0.3 is 0 Å². The maximum Gasteiger partial charge on any atom is 0.187 e. The van der Waals surface area contributed by atoms with E-state index in [9.17, 15) is 17.6 Å². The third kappa shape index (κ3) is 2.31. The summed E-state index contributed by atoms with van der Waals surface area (Å²) >= 11 is 0. The Labute approximate surface area is 85.1 Å². The summed E-state index contributed by atoms with van der Waals surface area (Å²) in [5.41, 5.74) is 2.72. The first-order valence-electron chi connectivity index (χ1n) is 4.29. The van der Waals surface area contributed by atoms with E-state index in [0.717, 1.165) is 7.05 Å². The summed E-state index contributed by atoms with van der Waals surface area (Å²) in [5, 5.41) is 1.99. The third-order valence-electron chi connectivity index (χ3n) is 1.55. The second kappa shape index (κ2) is 5.43. The summed E-state index contributed by atoms with van der Waals surface area (Å²) in [4.78, 5) is 0. The lowest BCUT2D eigenvalue weighted by molar-refractivity contribution is 0.465. The second-order valence-corrected chi connectivity index (χ2v) is 2.29. The molecule has 2 nitrogen and oxygen atoms in total. The van der Waals surface area contributed by atoms with Crippen molar-refractivity contribution in [3.05, 3.63) is 23.3 Å². The highest BCUT2D eigenvalue weighted by Gasteiger charge is 2.22. The Morgan fingerprint density at radius 2 is 1.20 bits per heavy atom. The zero-order valence-electron chi connectivity index (χ0n) is 8.59. The SMILES string of the molecule is CC.CNc1c(F)c(F)c(N)c(F)c1F. The Bertz CT molecular complexity index is 323. The molecule has 0 unspecified atom stereocenters. The van der Waals surface area contributed by atoms with Crippen molar-refractivity contribution in [2.45, 2.75) is 13.8 Å². The van der Waals surface area contributed by atoms with E-state index in [1.54, 1.807) is 0 Å². The molecule has 1 aromatic rings. The Kier molecular flexibility index (Phi) is 4.90. The molecule has 0 saturated heterocycles. The molecule has 0 radical (unpaired) electrons. The monoisotopic (exact) mass is 224 g/mol. The molecule has 0 aliphatic heterocycles. The Morgan fingerprint density at radius 3 is 1.47 bits per heavy atom. The highest BCUT2D eigenvalue weighted by atomic mass is 19.2.